The molecule has 0 fully saturated rings. The molecule has 0 saturated heterocycles. The Hall–Kier alpha value is -1.03. The van der Waals surface area contributed by atoms with Gasteiger partial charge in [0.25, 0.3) is 0 Å². The van der Waals surface area contributed by atoms with Crippen molar-refractivity contribution in [2.45, 2.75) is 6.04 Å². The Balaban J connectivity index is 1.90. The van der Waals surface area contributed by atoms with E-state index in [-0.39, 0.29) is 6.04 Å². The first-order chi connectivity index (χ1) is 7.75. The lowest BCUT2D eigenvalue weighted by Crippen LogP contribution is -2.18. The molecule has 4 heteroatoms. The predicted octanol–water partition coefficient (Wildman–Crippen LogP) is 3.48. The van der Waals surface area contributed by atoms with Gasteiger partial charge in [-0.1, -0.05) is 11.6 Å². The van der Waals surface area contributed by atoms with Crippen LogP contribution in [0.25, 0.3) is 0 Å². The molecule has 0 aliphatic carbocycles. The normalized spacial score (nSPS) is 12.4. The van der Waals surface area contributed by atoms with Gasteiger partial charge in [-0.3, -0.25) is 0 Å². The lowest BCUT2D eigenvalue weighted by atomic mass is 10.2. The van der Waals surface area contributed by atoms with Crippen LogP contribution in [0.2, 0.25) is 5.02 Å². The van der Waals surface area contributed by atoms with Crippen molar-refractivity contribution < 1.29 is 4.74 Å². The fraction of sp³-hybridized carbons (Fsp3) is 0.167. The Morgan fingerprint density at radius 3 is 2.62 bits per heavy atom. The van der Waals surface area contributed by atoms with Crippen molar-refractivity contribution in [3.63, 3.8) is 0 Å². The summed E-state index contributed by atoms with van der Waals surface area (Å²) in [6.45, 7) is 0.471. The van der Waals surface area contributed by atoms with Crippen LogP contribution in [0.5, 0.6) is 5.75 Å². The van der Waals surface area contributed by atoms with E-state index in [0.717, 1.165) is 11.3 Å². The van der Waals surface area contributed by atoms with Crippen LogP contribution in [0.1, 0.15) is 11.6 Å². The van der Waals surface area contributed by atoms with Gasteiger partial charge in [0.2, 0.25) is 0 Å². The first-order valence-corrected chi connectivity index (χ1v) is 6.24. The molecule has 2 nitrogen and oxygen atoms in total. The number of benzene rings is 1. The molecule has 1 unspecified atom stereocenters. The quantitative estimate of drug-likeness (QED) is 0.906. The highest BCUT2D eigenvalue weighted by atomic mass is 35.5. The van der Waals surface area contributed by atoms with E-state index < -0.39 is 0 Å². The standard InChI is InChI=1S/C12H12ClNOS/c13-10-1-3-11(4-2-10)15-7-12(14)9-5-6-16-8-9/h1-6,8,12H,7,14H2. The number of hydrogen-bond donors (Lipinski definition) is 1. The maximum atomic E-state index is 5.97. The summed E-state index contributed by atoms with van der Waals surface area (Å²) in [5.74, 6) is 0.787. The van der Waals surface area contributed by atoms with Crippen molar-refractivity contribution in [2.24, 2.45) is 5.73 Å². The third-order valence-corrected chi connectivity index (χ3v) is 3.17. The fourth-order valence-electron chi connectivity index (χ4n) is 1.30. The summed E-state index contributed by atoms with van der Waals surface area (Å²) in [6.07, 6.45) is 0. The van der Waals surface area contributed by atoms with Gasteiger partial charge in [0.15, 0.2) is 0 Å². The molecule has 1 atom stereocenters. The van der Waals surface area contributed by atoms with Gasteiger partial charge in [-0.25, -0.2) is 0 Å². The summed E-state index contributed by atoms with van der Waals surface area (Å²) >= 11 is 7.42. The average Bonchev–Trinajstić information content (AvgIpc) is 2.81. The van der Waals surface area contributed by atoms with E-state index in [2.05, 4.69) is 0 Å². The highest BCUT2D eigenvalue weighted by Gasteiger charge is 2.06. The topological polar surface area (TPSA) is 35.2 Å². The average molecular weight is 254 g/mol. The molecule has 2 aromatic rings. The zero-order chi connectivity index (χ0) is 11.4. The van der Waals surface area contributed by atoms with Crippen molar-refractivity contribution in [1.29, 1.82) is 0 Å². The van der Waals surface area contributed by atoms with E-state index in [1.807, 2.05) is 29.0 Å². The Labute approximate surface area is 104 Å². The van der Waals surface area contributed by atoms with Crippen molar-refractivity contribution >= 4 is 22.9 Å². The number of rotatable bonds is 4. The summed E-state index contributed by atoms with van der Waals surface area (Å²) in [5, 5.41) is 4.75. The molecular weight excluding hydrogens is 242 g/mol. The van der Waals surface area contributed by atoms with Crippen LogP contribution in [0, 0.1) is 0 Å². The number of halogens is 1. The van der Waals surface area contributed by atoms with Crippen molar-refractivity contribution in [3.05, 3.63) is 51.7 Å². The summed E-state index contributed by atoms with van der Waals surface area (Å²) < 4.78 is 5.57. The van der Waals surface area contributed by atoms with Gasteiger partial charge in [-0.2, -0.15) is 11.3 Å². The highest BCUT2D eigenvalue weighted by Crippen LogP contribution is 2.18. The molecule has 2 N–H and O–H groups in total. The molecule has 0 amide bonds. The molecule has 1 heterocycles. The van der Waals surface area contributed by atoms with Crippen LogP contribution >= 0.6 is 22.9 Å². The smallest absolute Gasteiger partial charge is 0.119 e. The van der Waals surface area contributed by atoms with Crippen LogP contribution in [-0.4, -0.2) is 6.61 Å². The second kappa shape index (κ2) is 5.34. The van der Waals surface area contributed by atoms with Crippen molar-refractivity contribution in [1.82, 2.24) is 0 Å². The molecule has 0 spiro atoms. The monoisotopic (exact) mass is 253 g/mol. The van der Waals surface area contributed by atoms with Gasteiger partial charge >= 0.3 is 0 Å². The maximum Gasteiger partial charge on any atom is 0.119 e. The molecule has 1 aromatic heterocycles. The Morgan fingerprint density at radius 1 is 1.25 bits per heavy atom. The van der Waals surface area contributed by atoms with Crippen LogP contribution in [0.3, 0.4) is 0 Å². The summed E-state index contributed by atoms with van der Waals surface area (Å²) in [5.41, 5.74) is 7.08. The van der Waals surface area contributed by atoms with Gasteiger partial charge in [0, 0.05) is 5.02 Å². The number of ether oxygens (including phenoxy) is 1. The van der Waals surface area contributed by atoms with E-state index in [1.165, 1.54) is 0 Å². The maximum absolute atomic E-state index is 5.97. The lowest BCUT2D eigenvalue weighted by Gasteiger charge is -2.11. The van der Waals surface area contributed by atoms with Gasteiger partial charge in [-0.05, 0) is 46.7 Å². The SMILES string of the molecule is NC(COc1ccc(Cl)cc1)c1ccsc1. The zero-order valence-electron chi connectivity index (χ0n) is 8.60. The molecule has 0 aliphatic rings. The summed E-state index contributed by atoms with van der Waals surface area (Å²) in [7, 11) is 0. The van der Waals surface area contributed by atoms with Gasteiger partial charge in [-0.15, -0.1) is 0 Å². The second-order valence-corrected chi connectivity index (χ2v) is 4.64. The molecule has 0 bridgehead atoms. The minimum absolute atomic E-state index is 0.0815. The first-order valence-electron chi connectivity index (χ1n) is 4.92. The molecule has 0 aliphatic heterocycles. The lowest BCUT2D eigenvalue weighted by molar-refractivity contribution is 0.291. The van der Waals surface area contributed by atoms with Gasteiger partial charge < -0.3 is 10.5 Å². The largest absolute Gasteiger partial charge is 0.492 e. The molecular formula is C12H12ClNOS. The Morgan fingerprint density at radius 2 is 2.00 bits per heavy atom. The van der Waals surface area contributed by atoms with Crippen molar-refractivity contribution in [3.8, 4) is 5.75 Å². The molecule has 0 saturated carbocycles. The summed E-state index contributed by atoms with van der Waals surface area (Å²) in [6, 6.07) is 9.20. The van der Waals surface area contributed by atoms with Gasteiger partial charge in [0.05, 0.1) is 6.04 Å². The molecule has 0 radical (unpaired) electrons. The first kappa shape index (κ1) is 11.5. The second-order valence-electron chi connectivity index (χ2n) is 3.43. The van der Waals surface area contributed by atoms with Crippen molar-refractivity contribution in [2.75, 3.05) is 6.61 Å². The molecule has 16 heavy (non-hydrogen) atoms. The van der Waals surface area contributed by atoms with E-state index in [4.69, 9.17) is 22.1 Å². The molecule has 1 aromatic carbocycles. The van der Waals surface area contributed by atoms with E-state index >= 15 is 0 Å². The fourth-order valence-corrected chi connectivity index (χ4v) is 2.15. The third kappa shape index (κ3) is 2.98. The summed E-state index contributed by atoms with van der Waals surface area (Å²) in [4.78, 5) is 0. The minimum atomic E-state index is -0.0815. The van der Waals surface area contributed by atoms with Crippen LogP contribution in [0.15, 0.2) is 41.1 Å². The predicted molar refractivity (Wildman–Crippen MR) is 68.2 cm³/mol. The number of thiophene rings is 1. The van der Waals surface area contributed by atoms with E-state index in [0.29, 0.717) is 11.6 Å². The van der Waals surface area contributed by atoms with Crippen LogP contribution in [-0.2, 0) is 0 Å². The molecule has 2 rings (SSSR count). The Bertz CT molecular complexity index is 427. The van der Waals surface area contributed by atoms with Gasteiger partial charge in [0.1, 0.15) is 12.4 Å². The Kier molecular flexibility index (Phi) is 3.83. The number of hydrogen-bond acceptors (Lipinski definition) is 3. The van der Waals surface area contributed by atoms with E-state index in [1.54, 1.807) is 23.5 Å². The zero-order valence-corrected chi connectivity index (χ0v) is 10.2. The highest BCUT2D eigenvalue weighted by molar-refractivity contribution is 7.07. The van der Waals surface area contributed by atoms with E-state index in [9.17, 15) is 0 Å². The van der Waals surface area contributed by atoms with Crippen LogP contribution < -0.4 is 10.5 Å². The minimum Gasteiger partial charge on any atom is -0.492 e. The molecule has 84 valence electrons. The number of nitrogens with two attached hydrogens (primary N) is 1. The van der Waals surface area contributed by atoms with Crippen LogP contribution in [0.4, 0.5) is 0 Å². The third-order valence-electron chi connectivity index (χ3n) is 2.21.